The Hall–Kier alpha value is -0.830. The Morgan fingerprint density at radius 3 is 2.75 bits per heavy atom. The highest BCUT2D eigenvalue weighted by molar-refractivity contribution is 4.87. The highest BCUT2D eigenvalue weighted by Gasteiger charge is 2.10. The first kappa shape index (κ1) is 9.26. The maximum Gasteiger partial charge on any atom is 0.210 e. The zero-order valence-corrected chi connectivity index (χ0v) is 7.66. The first-order valence-corrected chi connectivity index (χ1v) is 4.35. The van der Waals surface area contributed by atoms with Crippen LogP contribution in [0.1, 0.15) is 38.6 Å². The molecule has 12 heavy (non-hydrogen) atoms. The average molecular weight is 168 g/mol. The Balaban J connectivity index is 2.34. The van der Waals surface area contributed by atoms with Crippen LogP contribution in [0, 0.1) is 5.92 Å². The van der Waals surface area contributed by atoms with E-state index >= 15 is 0 Å². The smallest absolute Gasteiger partial charge is 0.210 e. The topological polar surface area (TPSA) is 52.0 Å². The van der Waals surface area contributed by atoms with E-state index in [0.29, 0.717) is 11.8 Å². The molecule has 2 N–H and O–H groups in total. The van der Waals surface area contributed by atoms with E-state index in [1.54, 1.807) is 12.5 Å². The summed E-state index contributed by atoms with van der Waals surface area (Å²) >= 11 is 0. The molecule has 0 aliphatic carbocycles. The summed E-state index contributed by atoms with van der Waals surface area (Å²) in [6.45, 7) is 4.37. The van der Waals surface area contributed by atoms with E-state index < -0.39 is 0 Å². The number of rotatable bonds is 4. The van der Waals surface area contributed by atoms with Gasteiger partial charge in [0.15, 0.2) is 0 Å². The fourth-order valence-corrected chi connectivity index (χ4v) is 1.05. The van der Waals surface area contributed by atoms with Crippen LogP contribution in [0.3, 0.4) is 0 Å². The number of hydrogen-bond donors (Lipinski definition) is 1. The van der Waals surface area contributed by atoms with Gasteiger partial charge in [0, 0.05) is 0 Å². The van der Waals surface area contributed by atoms with Crippen molar-refractivity contribution in [1.29, 1.82) is 0 Å². The monoisotopic (exact) mass is 168 g/mol. The van der Waals surface area contributed by atoms with Crippen LogP contribution in [0.5, 0.6) is 0 Å². The second-order valence-electron chi connectivity index (χ2n) is 3.45. The predicted molar refractivity (Wildman–Crippen MR) is 47.5 cm³/mol. The lowest BCUT2D eigenvalue weighted by atomic mass is 10.0. The van der Waals surface area contributed by atoms with Gasteiger partial charge in [-0.15, -0.1) is 0 Å². The molecule has 0 aliphatic rings. The maximum atomic E-state index is 5.83. The van der Waals surface area contributed by atoms with Crippen molar-refractivity contribution >= 4 is 0 Å². The summed E-state index contributed by atoms with van der Waals surface area (Å²) in [5, 5.41) is 0. The highest BCUT2D eigenvalue weighted by atomic mass is 16.3. The highest BCUT2D eigenvalue weighted by Crippen LogP contribution is 2.16. The van der Waals surface area contributed by atoms with E-state index in [9.17, 15) is 0 Å². The van der Waals surface area contributed by atoms with Gasteiger partial charge in [0.2, 0.25) is 5.89 Å². The molecule has 1 heterocycles. The normalized spacial score (nSPS) is 13.7. The average Bonchev–Trinajstić information content (AvgIpc) is 2.51. The number of nitrogens with zero attached hydrogens (tertiary/aromatic N) is 1. The quantitative estimate of drug-likeness (QED) is 0.749. The van der Waals surface area contributed by atoms with Crippen molar-refractivity contribution in [2.24, 2.45) is 11.7 Å². The van der Waals surface area contributed by atoms with Crippen LogP contribution in [0.15, 0.2) is 16.9 Å². The molecule has 3 nitrogen and oxygen atoms in total. The van der Waals surface area contributed by atoms with Crippen LogP contribution < -0.4 is 5.73 Å². The van der Waals surface area contributed by atoms with Crippen molar-refractivity contribution in [2.45, 2.75) is 32.7 Å². The molecule has 0 radical (unpaired) electrons. The SMILES string of the molecule is CC(C)CCC(N)c1ncco1. The van der Waals surface area contributed by atoms with Crippen LogP contribution in [-0.4, -0.2) is 4.98 Å². The van der Waals surface area contributed by atoms with E-state index in [1.807, 2.05) is 0 Å². The Bertz CT molecular complexity index is 206. The maximum absolute atomic E-state index is 5.83. The zero-order valence-electron chi connectivity index (χ0n) is 7.66. The van der Waals surface area contributed by atoms with Gasteiger partial charge in [0.1, 0.15) is 6.26 Å². The van der Waals surface area contributed by atoms with Crippen molar-refractivity contribution in [3.63, 3.8) is 0 Å². The van der Waals surface area contributed by atoms with Gasteiger partial charge in [-0.05, 0) is 18.8 Å². The van der Waals surface area contributed by atoms with Gasteiger partial charge in [0.05, 0.1) is 12.2 Å². The molecule has 0 aromatic carbocycles. The molecule has 0 amide bonds. The molecular formula is C9H16N2O. The van der Waals surface area contributed by atoms with E-state index in [4.69, 9.17) is 10.2 Å². The molecule has 1 aromatic rings. The van der Waals surface area contributed by atoms with E-state index in [0.717, 1.165) is 12.8 Å². The van der Waals surface area contributed by atoms with Gasteiger partial charge in [-0.3, -0.25) is 0 Å². The Kier molecular flexibility index (Phi) is 3.29. The third kappa shape index (κ3) is 2.66. The van der Waals surface area contributed by atoms with Crippen molar-refractivity contribution < 1.29 is 4.42 Å². The van der Waals surface area contributed by atoms with Crippen molar-refractivity contribution in [1.82, 2.24) is 4.98 Å². The summed E-state index contributed by atoms with van der Waals surface area (Å²) in [7, 11) is 0. The standard InChI is InChI=1S/C9H16N2O/c1-7(2)3-4-8(10)9-11-5-6-12-9/h5-8H,3-4,10H2,1-2H3. The molecule has 0 saturated carbocycles. The van der Waals surface area contributed by atoms with Gasteiger partial charge < -0.3 is 10.2 Å². The molecule has 0 saturated heterocycles. The van der Waals surface area contributed by atoms with Gasteiger partial charge in [0.25, 0.3) is 0 Å². The lowest BCUT2D eigenvalue weighted by Gasteiger charge is -2.08. The summed E-state index contributed by atoms with van der Waals surface area (Å²) < 4.78 is 5.09. The molecule has 0 spiro atoms. The minimum atomic E-state index is -0.0394. The first-order valence-electron chi connectivity index (χ1n) is 4.35. The minimum absolute atomic E-state index is 0.0394. The third-order valence-corrected chi connectivity index (χ3v) is 1.82. The van der Waals surface area contributed by atoms with E-state index in [-0.39, 0.29) is 6.04 Å². The van der Waals surface area contributed by atoms with Crippen molar-refractivity contribution in [3.05, 3.63) is 18.4 Å². The zero-order chi connectivity index (χ0) is 8.97. The molecule has 68 valence electrons. The molecular weight excluding hydrogens is 152 g/mol. The van der Waals surface area contributed by atoms with Crippen LogP contribution in [0.4, 0.5) is 0 Å². The fraction of sp³-hybridized carbons (Fsp3) is 0.667. The van der Waals surface area contributed by atoms with Crippen LogP contribution >= 0.6 is 0 Å². The summed E-state index contributed by atoms with van der Waals surface area (Å²) in [4.78, 5) is 4.00. The Morgan fingerprint density at radius 2 is 2.25 bits per heavy atom. The van der Waals surface area contributed by atoms with Gasteiger partial charge in [-0.1, -0.05) is 13.8 Å². The van der Waals surface area contributed by atoms with Crippen LogP contribution in [-0.2, 0) is 0 Å². The first-order chi connectivity index (χ1) is 5.70. The Morgan fingerprint density at radius 1 is 1.50 bits per heavy atom. The lowest BCUT2D eigenvalue weighted by molar-refractivity contribution is 0.411. The molecule has 0 fully saturated rings. The van der Waals surface area contributed by atoms with E-state index in [2.05, 4.69) is 18.8 Å². The molecule has 1 atom stereocenters. The number of aromatic nitrogens is 1. The molecule has 0 aliphatic heterocycles. The molecule has 1 rings (SSSR count). The lowest BCUT2D eigenvalue weighted by Crippen LogP contribution is -2.11. The second kappa shape index (κ2) is 4.26. The molecule has 1 unspecified atom stereocenters. The molecule has 0 bridgehead atoms. The predicted octanol–water partition coefficient (Wildman–Crippen LogP) is 2.11. The fourth-order valence-electron chi connectivity index (χ4n) is 1.05. The van der Waals surface area contributed by atoms with Crippen LogP contribution in [0.2, 0.25) is 0 Å². The summed E-state index contributed by atoms with van der Waals surface area (Å²) in [5.41, 5.74) is 5.83. The van der Waals surface area contributed by atoms with E-state index in [1.165, 1.54) is 0 Å². The van der Waals surface area contributed by atoms with Gasteiger partial charge >= 0.3 is 0 Å². The number of hydrogen-bond acceptors (Lipinski definition) is 3. The number of oxazole rings is 1. The van der Waals surface area contributed by atoms with Crippen molar-refractivity contribution in [2.75, 3.05) is 0 Å². The van der Waals surface area contributed by atoms with Crippen molar-refractivity contribution in [3.8, 4) is 0 Å². The summed E-state index contributed by atoms with van der Waals surface area (Å²) in [5.74, 6) is 1.33. The third-order valence-electron chi connectivity index (χ3n) is 1.82. The van der Waals surface area contributed by atoms with Gasteiger partial charge in [-0.25, -0.2) is 4.98 Å². The molecule has 1 aromatic heterocycles. The second-order valence-corrected chi connectivity index (χ2v) is 3.45. The van der Waals surface area contributed by atoms with Crippen LogP contribution in [0.25, 0.3) is 0 Å². The largest absolute Gasteiger partial charge is 0.447 e. The summed E-state index contributed by atoms with van der Waals surface area (Å²) in [6, 6.07) is -0.0394. The van der Waals surface area contributed by atoms with Gasteiger partial charge in [-0.2, -0.15) is 0 Å². The number of nitrogens with two attached hydrogens (primary N) is 1. The Labute approximate surface area is 73.0 Å². The minimum Gasteiger partial charge on any atom is -0.447 e. The molecule has 3 heteroatoms. The summed E-state index contributed by atoms with van der Waals surface area (Å²) in [6.07, 6.45) is 5.25.